The maximum Gasteiger partial charge on any atom is 0.124 e. The number of benzene rings is 1. The van der Waals surface area contributed by atoms with Crippen molar-refractivity contribution in [2.75, 3.05) is 5.73 Å². The molecule has 0 unspecified atom stereocenters. The van der Waals surface area contributed by atoms with Crippen LogP contribution in [0.4, 0.5) is 5.69 Å². The van der Waals surface area contributed by atoms with Crippen LogP contribution in [-0.4, -0.2) is 19.5 Å². The molecule has 3 rings (SSSR count). The van der Waals surface area contributed by atoms with Crippen molar-refractivity contribution in [1.29, 1.82) is 0 Å². The van der Waals surface area contributed by atoms with Gasteiger partial charge in [-0.3, -0.25) is 4.68 Å². The highest BCUT2D eigenvalue weighted by atomic mass is 16.3. The molecular weight excluding hydrogens is 228 g/mol. The van der Waals surface area contributed by atoms with Crippen LogP contribution in [0.2, 0.25) is 0 Å². The number of nitrogen functional groups attached to an aromatic ring is 1. The van der Waals surface area contributed by atoms with Crippen molar-refractivity contribution in [2.45, 2.75) is 0 Å². The molecule has 0 aliphatic heterocycles. The predicted molar refractivity (Wildman–Crippen MR) is 71.2 cm³/mol. The van der Waals surface area contributed by atoms with E-state index in [4.69, 9.17) is 5.73 Å². The van der Waals surface area contributed by atoms with Gasteiger partial charge < -0.3 is 15.4 Å². The Morgan fingerprint density at radius 1 is 1.28 bits per heavy atom. The molecule has 0 aliphatic rings. The van der Waals surface area contributed by atoms with Crippen LogP contribution >= 0.6 is 0 Å². The minimum atomic E-state index is 0.273. The van der Waals surface area contributed by atoms with E-state index in [-0.39, 0.29) is 5.75 Å². The molecule has 0 spiro atoms. The van der Waals surface area contributed by atoms with Gasteiger partial charge in [0.15, 0.2) is 0 Å². The lowest BCUT2D eigenvalue weighted by molar-refractivity contribution is 0.481. The first-order chi connectivity index (χ1) is 8.59. The molecule has 3 N–H and O–H groups in total. The van der Waals surface area contributed by atoms with Crippen molar-refractivity contribution in [3.63, 3.8) is 0 Å². The fourth-order valence-corrected chi connectivity index (χ4v) is 2.34. The second-order valence-corrected chi connectivity index (χ2v) is 4.37. The minimum Gasteiger partial charge on any atom is -0.507 e. The largest absolute Gasteiger partial charge is 0.507 e. The Morgan fingerprint density at radius 2 is 2.06 bits per heavy atom. The van der Waals surface area contributed by atoms with Gasteiger partial charge in [0.2, 0.25) is 0 Å². The van der Waals surface area contributed by atoms with Gasteiger partial charge in [-0.1, -0.05) is 6.07 Å². The van der Waals surface area contributed by atoms with Gasteiger partial charge in [0.25, 0.3) is 0 Å². The summed E-state index contributed by atoms with van der Waals surface area (Å²) in [6.07, 6.45) is 1.63. The first-order valence-electron chi connectivity index (χ1n) is 5.65. The molecule has 18 heavy (non-hydrogen) atoms. The highest BCUT2D eigenvalue weighted by Crippen LogP contribution is 2.33. The number of rotatable bonds is 1. The average Bonchev–Trinajstić information content (AvgIpc) is 2.83. The molecule has 0 fully saturated rings. The standard InChI is InChI=1S/C13H14N4O/c1-16-10-4-3-5-12(18)8(10)6-11(16)13-9(14)7-15-17(13)2/h3-7,18H,14H2,1-2H3. The molecule has 2 aromatic heterocycles. The Hall–Kier alpha value is -2.43. The van der Waals surface area contributed by atoms with Crippen molar-refractivity contribution in [3.8, 4) is 17.1 Å². The average molecular weight is 242 g/mol. The quantitative estimate of drug-likeness (QED) is 0.684. The van der Waals surface area contributed by atoms with Crippen LogP contribution in [0.25, 0.3) is 22.3 Å². The van der Waals surface area contributed by atoms with Crippen LogP contribution < -0.4 is 5.73 Å². The number of aryl methyl sites for hydroxylation is 2. The predicted octanol–water partition coefficient (Wildman–Crippen LogP) is 1.87. The Balaban J connectivity index is 2.38. The van der Waals surface area contributed by atoms with Crippen LogP contribution in [-0.2, 0) is 14.1 Å². The minimum absolute atomic E-state index is 0.273. The number of hydrogen-bond donors (Lipinski definition) is 2. The molecule has 92 valence electrons. The summed E-state index contributed by atoms with van der Waals surface area (Å²) in [6.45, 7) is 0. The molecule has 2 heterocycles. The van der Waals surface area contributed by atoms with E-state index in [1.165, 1.54) is 0 Å². The smallest absolute Gasteiger partial charge is 0.124 e. The summed E-state index contributed by atoms with van der Waals surface area (Å²) in [5, 5.41) is 14.8. The number of nitrogens with two attached hydrogens (primary N) is 1. The van der Waals surface area contributed by atoms with Gasteiger partial charge in [0.05, 0.1) is 23.1 Å². The van der Waals surface area contributed by atoms with Gasteiger partial charge in [0, 0.05) is 19.5 Å². The molecule has 0 bridgehead atoms. The van der Waals surface area contributed by atoms with E-state index in [0.717, 1.165) is 22.3 Å². The van der Waals surface area contributed by atoms with Gasteiger partial charge >= 0.3 is 0 Å². The van der Waals surface area contributed by atoms with Crippen molar-refractivity contribution >= 4 is 16.6 Å². The molecule has 0 atom stereocenters. The van der Waals surface area contributed by atoms with Crippen LogP contribution in [0.3, 0.4) is 0 Å². The van der Waals surface area contributed by atoms with Crippen molar-refractivity contribution in [1.82, 2.24) is 14.3 Å². The van der Waals surface area contributed by atoms with Crippen molar-refractivity contribution in [2.24, 2.45) is 14.1 Å². The van der Waals surface area contributed by atoms with Gasteiger partial charge in [-0.25, -0.2) is 0 Å². The molecule has 3 aromatic rings. The zero-order valence-corrected chi connectivity index (χ0v) is 10.3. The Bertz CT molecular complexity index is 719. The van der Waals surface area contributed by atoms with E-state index in [0.29, 0.717) is 5.69 Å². The molecule has 0 aliphatic carbocycles. The number of fused-ring (bicyclic) bond motifs is 1. The van der Waals surface area contributed by atoms with Crippen LogP contribution in [0.5, 0.6) is 5.75 Å². The lowest BCUT2D eigenvalue weighted by Crippen LogP contribution is -2.00. The van der Waals surface area contributed by atoms with Crippen LogP contribution in [0.1, 0.15) is 0 Å². The summed E-state index contributed by atoms with van der Waals surface area (Å²) in [7, 11) is 3.80. The topological polar surface area (TPSA) is 69.0 Å². The number of aromatic nitrogens is 3. The molecule has 0 radical (unpaired) electrons. The van der Waals surface area contributed by atoms with Gasteiger partial charge in [-0.05, 0) is 18.2 Å². The Kier molecular flexibility index (Phi) is 2.10. The lowest BCUT2D eigenvalue weighted by atomic mass is 10.2. The second-order valence-electron chi connectivity index (χ2n) is 4.37. The zero-order valence-electron chi connectivity index (χ0n) is 10.3. The van der Waals surface area contributed by atoms with E-state index >= 15 is 0 Å². The van der Waals surface area contributed by atoms with E-state index in [1.54, 1.807) is 16.9 Å². The van der Waals surface area contributed by atoms with Crippen molar-refractivity contribution in [3.05, 3.63) is 30.5 Å². The number of hydrogen-bond acceptors (Lipinski definition) is 3. The molecule has 0 amide bonds. The summed E-state index contributed by atoms with van der Waals surface area (Å²) in [4.78, 5) is 0. The third-order valence-corrected chi connectivity index (χ3v) is 3.27. The maximum atomic E-state index is 9.88. The molecule has 5 nitrogen and oxygen atoms in total. The van der Waals surface area contributed by atoms with E-state index in [2.05, 4.69) is 5.10 Å². The molecule has 5 heteroatoms. The summed E-state index contributed by atoms with van der Waals surface area (Å²) in [5.74, 6) is 0.273. The van der Waals surface area contributed by atoms with E-state index in [1.807, 2.05) is 36.9 Å². The van der Waals surface area contributed by atoms with Crippen LogP contribution in [0.15, 0.2) is 30.5 Å². The van der Waals surface area contributed by atoms with E-state index in [9.17, 15) is 5.11 Å². The molecule has 0 saturated carbocycles. The zero-order chi connectivity index (χ0) is 12.9. The van der Waals surface area contributed by atoms with Gasteiger partial charge in [-0.15, -0.1) is 0 Å². The normalized spacial score (nSPS) is 11.2. The summed E-state index contributed by atoms with van der Waals surface area (Å²) < 4.78 is 3.74. The molecule has 0 saturated heterocycles. The van der Waals surface area contributed by atoms with Gasteiger partial charge in [0.1, 0.15) is 11.4 Å². The lowest BCUT2D eigenvalue weighted by Gasteiger charge is -2.05. The number of aromatic hydroxyl groups is 1. The Labute approximate surface area is 104 Å². The highest BCUT2D eigenvalue weighted by molar-refractivity contribution is 5.92. The number of phenols is 1. The fourth-order valence-electron chi connectivity index (χ4n) is 2.34. The first kappa shape index (κ1) is 10.7. The summed E-state index contributed by atoms with van der Waals surface area (Å²) in [6, 6.07) is 7.40. The van der Waals surface area contributed by atoms with Gasteiger partial charge in [-0.2, -0.15) is 5.10 Å². The monoisotopic (exact) mass is 242 g/mol. The number of phenolic OH excluding ortho intramolecular Hbond substituents is 1. The molecule has 1 aromatic carbocycles. The summed E-state index contributed by atoms with van der Waals surface area (Å²) in [5.41, 5.74) is 9.32. The van der Waals surface area contributed by atoms with E-state index < -0.39 is 0 Å². The SMILES string of the molecule is Cn1ncc(N)c1-c1cc2c(O)cccc2n1C. The maximum absolute atomic E-state index is 9.88. The Morgan fingerprint density at radius 3 is 2.67 bits per heavy atom. The third kappa shape index (κ3) is 1.30. The second kappa shape index (κ2) is 3.53. The van der Waals surface area contributed by atoms with Crippen LogP contribution in [0, 0.1) is 0 Å². The highest BCUT2D eigenvalue weighted by Gasteiger charge is 2.15. The fraction of sp³-hybridized carbons (Fsp3) is 0.154. The summed E-state index contributed by atoms with van der Waals surface area (Å²) >= 11 is 0. The molecular formula is C13H14N4O. The number of nitrogens with zero attached hydrogens (tertiary/aromatic N) is 3. The first-order valence-corrected chi connectivity index (χ1v) is 5.65. The third-order valence-electron chi connectivity index (χ3n) is 3.27. The van der Waals surface area contributed by atoms with Crippen molar-refractivity contribution < 1.29 is 5.11 Å². The number of anilines is 1.